The average Bonchev–Trinajstić information content (AvgIpc) is 3.52. The SMILES string of the molecule is CCC(C)C(C)C(CC(=O)N1CCCC1C(OC)C(C)C(=O)N[C@@H](Cc1ccccc1)C(=O)OCc1ccccc1)OC. The molecule has 0 radical (unpaired) electrons. The molecule has 1 N–H and O–H groups in total. The van der Waals surface area contributed by atoms with Crippen LogP contribution in [0.2, 0.25) is 0 Å². The van der Waals surface area contributed by atoms with Gasteiger partial charge in [0.1, 0.15) is 12.6 Å². The molecule has 0 saturated carbocycles. The Morgan fingerprint density at radius 2 is 1.56 bits per heavy atom. The van der Waals surface area contributed by atoms with E-state index in [9.17, 15) is 14.4 Å². The number of esters is 1. The molecule has 7 atom stereocenters. The minimum absolute atomic E-state index is 0.0191. The number of hydrogen-bond acceptors (Lipinski definition) is 6. The second-order valence-corrected chi connectivity index (χ2v) is 11.9. The van der Waals surface area contributed by atoms with Crippen LogP contribution in [0.1, 0.15) is 64.5 Å². The summed E-state index contributed by atoms with van der Waals surface area (Å²) in [4.78, 5) is 42.3. The van der Waals surface area contributed by atoms with Gasteiger partial charge in [0.25, 0.3) is 0 Å². The highest BCUT2D eigenvalue weighted by molar-refractivity contribution is 5.86. The van der Waals surface area contributed by atoms with Gasteiger partial charge in [0.05, 0.1) is 30.6 Å². The molecule has 2 aromatic rings. The summed E-state index contributed by atoms with van der Waals surface area (Å²) in [6, 6.07) is 17.9. The van der Waals surface area contributed by atoms with E-state index in [1.165, 1.54) is 0 Å². The number of carbonyl (C=O) groups is 3. The number of nitrogens with zero attached hydrogens (tertiary/aromatic N) is 1. The van der Waals surface area contributed by atoms with E-state index in [0.29, 0.717) is 25.3 Å². The van der Waals surface area contributed by atoms with Crippen LogP contribution in [0.15, 0.2) is 60.7 Å². The largest absolute Gasteiger partial charge is 0.459 e. The fourth-order valence-corrected chi connectivity index (χ4v) is 5.97. The number of methoxy groups -OCH3 is 2. The number of rotatable bonds is 16. The lowest BCUT2D eigenvalue weighted by Gasteiger charge is -2.35. The van der Waals surface area contributed by atoms with Crippen molar-refractivity contribution in [2.45, 2.75) is 90.7 Å². The van der Waals surface area contributed by atoms with Crippen molar-refractivity contribution < 1.29 is 28.6 Å². The smallest absolute Gasteiger partial charge is 0.329 e. The van der Waals surface area contributed by atoms with E-state index in [0.717, 1.165) is 30.4 Å². The van der Waals surface area contributed by atoms with Crippen molar-refractivity contribution in [3.05, 3.63) is 71.8 Å². The maximum absolute atomic E-state index is 13.7. The summed E-state index contributed by atoms with van der Waals surface area (Å²) in [6.45, 7) is 9.00. The van der Waals surface area contributed by atoms with Crippen molar-refractivity contribution in [3.63, 3.8) is 0 Å². The minimum Gasteiger partial charge on any atom is -0.459 e. The Balaban J connectivity index is 1.70. The first-order valence-electron chi connectivity index (χ1n) is 15.6. The Bertz CT molecular complexity index is 1140. The normalized spacial score (nSPS) is 19.1. The van der Waals surface area contributed by atoms with Crippen molar-refractivity contribution in [1.82, 2.24) is 10.2 Å². The van der Waals surface area contributed by atoms with Gasteiger partial charge in [0.2, 0.25) is 11.8 Å². The molecule has 0 spiro atoms. The van der Waals surface area contributed by atoms with Crippen LogP contribution in [-0.2, 0) is 41.6 Å². The van der Waals surface area contributed by atoms with E-state index in [-0.39, 0.29) is 36.5 Å². The Labute approximate surface area is 257 Å². The van der Waals surface area contributed by atoms with Crippen LogP contribution in [0.25, 0.3) is 0 Å². The second kappa shape index (κ2) is 17.2. The van der Waals surface area contributed by atoms with Gasteiger partial charge in [0, 0.05) is 27.2 Å². The predicted molar refractivity (Wildman–Crippen MR) is 167 cm³/mol. The molecule has 1 saturated heterocycles. The van der Waals surface area contributed by atoms with Crippen LogP contribution in [0.5, 0.6) is 0 Å². The number of hydrogen-bond donors (Lipinski definition) is 1. The molecular weight excluding hydrogens is 544 g/mol. The third-order valence-corrected chi connectivity index (χ3v) is 9.09. The molecule has 0 bridgehead atoms. The molecule has 2 amide bonds. The molecule has 3 rings (SSSR count). The van der Waals surface area contributed by atoms with Gasteiger partial charge in [-0.1, -0.05) is 94.8 Å². The van der Waals surface area contributed by atoms with Crippen molar-refractivity contribution >= 4 is 17.8 Å². The summed E-state index contributed by atoms with van der Waals surface area (Å²) < 4.78 is 17.3. The van der Waals surface area contributed by atoms with Crippen LogP contribution < -0.4 is 5.32 Å². The molecule has 1 fully saturated rings. The molecule has 8 nitrogen and oxygen atoms in total. The van der Waals surface area contributed by atoms with Crippen molar-refractivity contribution in [2.75, 3.05) is 20.8 Å². The second-order valence-electron chi connectivity index (χ2n) is 11.9. The van der Waals surface area contributed by atoms with Crippen molar-refractivity contribution in [2.24, 2.45) is 17.8 Å². The van der Waals surface area contributed by atoms with E-state index in [2.05, 4.69) is 26.1 Å². The molecule has 2 aromatic carbocycles. The monoisotopic (exact) mass is 594 g/mol. The fourth-order valence-electron chi connectivity index (χ4n) is 5.97. The molecule has 0 aromatic heterocycles. The molecule has 0 aliphatic carbocycles. The van der Waals surface area contributed by atoms with Gasteiger partial charge < -0.3 is 24.4 Å². The van der Waals surface area contributed by atoms with Gasteiger partial charge in [-0.05, 0) is 35.8 Å². The predicted octanol–water partition coefficient (Wildman–Crippen LogP) is 5.19. The molecule has 8 heteroatoms. The zero-order valence-corrected chi connectivity index (χ0v) is 26.7. The Morgan fingerprint density at radius 1 is 0.930 bits per heavy atom. The maximum atomic E-state index is 13.7. The first-order valence-corrected chi connectivity index (χ1v) is 15.6. The topological polar surface area (TPSA) is 94.2 Å². The maximum Gasteiger partial charge on any atom is 0.329 e. The highest BCUT2D eigenvalue weighted by Gasteiger charge is 2.41. The Morgan fingerprint density at radius 3 is 2.14 bits per heavy atom. The molecule has 1 heterocycles. The zero-order valence-electron chi connectivity index (χ0n) is 26.7. The molecule has 43 heavy (non-hydrogen) atoms. The number of benzene rings is 2. The van der Waals surface area contributed by atoms with E-state index < -0.39 is 24.0 Å². The van der Waals surface area contributed by atoms with Gasteiger partial charge in [-0.25, -0.2) is 4.79 Å². The number of likely N-dealkylation sites (tertiary alicyclic amines) is 1. The van der Waals surface area contributed by atoms with E-state index in [4.69, 9.17) is 14.2 Å². The summed E-state index contributed by atoms with van der Waals surface area (Å²) >= 11 is 0. The van der Waals surface area contributed by atoms with Crippen molar-refractivity contribution in [1.29, 1.82) is 0 Å². The Kier molecular flexibility index (Phi) is 13.7. The highest BCUT2D eigenvalue weighted by atomic mass is 16.5. The summed E-state index contributed by atoms with van der Waals surface area (Å²) in [5.74, 6) is -0.729. The first kappa shape index (κ1) is 34.3. The minimum atomic E-state index is -0.871. The average molecular weight is 595 g/mol. The molecule has 1 aliphatic heterocycles. The number of carbonyl (C=O) groups excluding carboxylic acids is 3. The Hall–Kier alpha value is -3.23. The number of ether oxygens (including phenoxy) is 3. The number of amides is 2. The molecule has 236 valence electrons. The summed E-state index contributed by atoms with van der Waals surface area (Å²) in [6.07, 6.45) is 2.49. The summed E-state index contributed by atoms with van der Waals surface area (Å²) in [5.41, 5.74) is 1.78. The van der Waals surface area contributed by atoms with E-state index in [1.54, 1.807) is 21.1 Å². The van der Waals surface area contributed by atoms with Crippen molar-refractivity contribution in [3.8, 4) is 0 Å². The fraction of sp³-hybridized carbons (Fsp3) is 0.571. The summed E-state index contributed by atoms with van der Waals surface area (Å²) in [5, 5.41) is 2.94. The van der Waals surface area contributed by atoms with Gasteiger partial charge in [-0.15, -0.1) is 0 Å². The zero-order chi connectivity index (χ0) is 31.4. The van der Waals surface area contributed by atoms with E-state index in [1.807, 2.05) is 65.6 Å². The standard InChI is InChI=1S/C35H50N2O6/c1-7-24(2)25(3)31(41-5)22-32(38)37-20-14-19-30(37)33(42-6)26(4)34(39)36-29(21-27-15-10-8-11-16-27)35(40)43-23-28-17-12-9-13-18-28/h8-13,15-18,24-26,29-31,33H,7,14,19-23H2,1-6H3,(H,36,39)/t24?,25?,26?,29-,30?,31?,33?/m0/s1. The van der Waals surface area contributed by atoms with Crippen LogP contribution in [-0.4, -0.2) is 67.7 Å². The van der Waals surface area contributed by atoms with Gasteiger partial charge in [0.15, 0.2) is 0 Å². The van der Waals surface area contributed by atoms with Gasteiger partial charge >= 0.3 is 5.97 Å². The van der Waals surface area contributed by atoms with Crippen LogP contribution in [0.4, 0.5) is 0 Å². The van der Waals surface area contributed by atoms with E-state index >= 15 is 0 Å². The lowest BCUT2D eigenvalue weighted by Crippen LogP contribution is -2.53. The lowest BCUT2D eigenvalue weighted by atomic mass is 9.87. The quantitative estimate of drug-likeness (QED) is 0.269. The van der Waals surface area contributed by atoms with Crippen LogP contribution in [0, 0.1) is 17.8 Å². The van der Waals surface area contributed by atoms with Crippen LogP contribution >= 0.6 is 0 Å². The van der Waals surface area contributed by atoms with Gasteiger partial charge in [-0.2, -0.15) is 0 Å². The highest BCUT2D eigenvalue weighted by Crippen LogP contribution is 2.29. The third-order valence-electron chi connectivity index (χ3n) is 9.09. The molecular formula is C35H50N2O6. The third kappa shape index (κ3) is 9.63. The first-order chi connectivity index (χ1) is 20.7. The lowest BCUT2D eigenvalue weighted by molar-refractivity contribution is -0.150. The summed E-state index contributed by atoms with van der Waals surface area (Å²) in [7, 11) is 3.24. The number of nitrogens with one attached hydrogen (secondary N) is 1. The molecule has 1 aliphatic rings. The van der Waals surface area contributed by atoms with Gasteiger partial charge in [-0.3, -0.25) is 9.59 Å². The molecule has 6 unspecified atom stereocenters. The van der Waals surface area contributed by atoms with Crippen LogP contribution in [0.3, 0.4) is 0 Å².